The van der Waals surface area contributed by atoms with E-state index in [9.17, 15) is 0 Å². The van der Waals surface area contributed by atoms with Crippen molar-refractivity contribution in [2.75, 3.05) is 19.6 Å². The molecule has 0 bridgehead atoms. The van der Waals surface area contributed by atoms with Gasteiger partial charge in [-0.3, -0.25) is 4.90 Å². The summed E-state index contributed by atoms with van der Waals surface area (Å²) >= 11 is 0. The van der Waals surface area contributed by atoms with Crippen molar-refractivity contribution in [1.82, 2.24) is 10.2 Å². The first-order valence-corrected chi connectivity index (χ1v) is 9.30. The van der Waals surface area contributed by atoms with Gasteiger partial charge < -0.3 is 5.32 Å². The fourth-order valence-corrected chi connectivity index (χ4v) is 4.35. The molecule has 0 aromatic heterocycles. The molecule has 5 unspecified atom stereocenters. The molecular weight excluding hydrogens is 256 g/mol. The molecule has 2 heteroatoms. The van der Waals surface area contributed by atoms with Gasteiger partial charge in [0.05, 0.1) is 0 Å². The molecule has 1 aliphatic heterocycles. The normalized spacial score (nSPS) is 38.9. The molecule has 2 rings (SSSR count). The topological polar surface area (TPSA) is 15.3 Å². The van der Waals surface area contributed by atoms with Crippen LogP contribution < -0.4 is 5.32 Å². The van der Waals surface area contributed by atoms with Gasteiger partial charge in [-0.2, -0.15) is 0 Å². The number of nitrogens with zero attached hydrogens (tertiary/aromatic N) is 1. The van der Waals surface area contributed by atoms with E-state index < -0.39 is 0 Å². The Labute approximate surface area is 133 Å². The van der Waals surface area contributed by atoms with Crippen molar-refractivity contribution in [2.24, 2.45) is 23.2 Å². The average molecular weight is 295 g/mol. The largest absolute Gasteiger partial charge is 0.312 e. The van der Waals surface area contributed by atoms with Crippen LogP contribution in [0.1, 0.15) is 67.2 Å². The highest BCUT2D eigenvalue weighted by Gasteiger charge is 2.41. The molecule has 2 nitrogen and oxygen atoms in total. The van der Waals surface area contributed by atoms with Gasteiger partial charge in [-0.1, -0.05) is 41.5 Å². The molecule has 0 radical (unpaired) electrons. The Morgan fingerprint density at radius 1 is 1.05 bits per heavy atom. The molecule has 1 N–H and O–H groups in total. The Hall–Kier alpha value is -0.0800. The molecule has 124 valence electrons. The minimum absolute atomic E-state index is 0.463. The maximum atomic E-state index is 3.86. The molecule has 1 heterocycles. The Bertz CT molecular complexity index is 310. The summed E-state index contributed by atoms with van der Waals surface area (Å²) in [5.41, 5.74) is 0.463. The summed E-state index contributed by atoms with van der Waals surface area (Å²) in [7, 11) is 0. The first-order chi connectivity index (χ1) is 9.82. The number of likely N-dealkylation sites (tertiary alicyclic amines) is 1. The van der Waals surface area contributed by atoms with Crippen LogP contribution in [-0.4, -0.2) is 36.6 Å². The third-order valence-corrected chi connectivity index (χ3v) is 6.18. The summed E-state index contributed by atoms with van der Waals surface area (Å²) in [6.07, 6.45) is 5.41. The summed E-state index contributed by atoms with van der Waals surface area (Å²) < 4.78 is 0. The van der Waals surface area contributed by atoms with Crippen LogP contribution in [0.5, 0.6) is 0 Å². The van der Waals surface area contributed by atoms with Gasteiger partial charge in [0.25, 0.3) is 0 Å². The third kappa shape index (κ3) is 4.22. The van der Waals surface area contributed by atoms with Gasteiger partial charge in [0.15, 0.2) is 0 Å². The van der Waals surface area contributed by atoms with Crippen LogP contribution in [0.15, 0.2) is 0 Å². The van der Waals surface area contributed by atoms with Gasteiger partial charge in [-0.05, 0) is 55.4 Å². The van der Waals surface area contributed by atoms with E-state index in [0.717, 1.165) is 29.8 Å². The monoisotopic (exact) mass is 294 g/mol. The SMILES string of the molecule is CCCNC1CCC(C(C)(C)C)CC1N1CC(C)C(C)C1. The minimum Gasteiger partial charge on any atom is -0.312 e. The van der Waals surface area contributed by atoms with E-state index in [4.69, 9.17) is 0 Å². The molecule has 1 saturated carbocycles. The van der Waals surface area contributed by atoms with Crippen LogP contribution in [-0.2, 0) is 0 Å². The van der Waals surface area contributed by atoms with Crippen LogP contribution in [0.4, 0.5) is 0 Å². The zero-order chi connectivity index (χ0) is 15.6. The van der Waals surface area contributed by atoms with Crippen LogP contribution >= 0.6 is 0 Å². The summed E-state index contributed by atoms with van der Waals surface area (Å²) in [5, 5.41) is 3.86. The molecule has 2 fully saturated rings. The van der Waals surface area contributed by atoms with Crippen molar-refractivity contribution < 1.29 is 0 Å². The predicted octanol–water partition coefficient (Wildman–Crippen LogP) is 4.16. The second-order valence-corrected chi connectivity index (χ2v) is 8.91. The molecule has 21 heavy (non-hydrogen) atoms. The highest BCUT2D eigenvalue weighted by Crippen LogP contribution is 2.41. The first-order valence-electron chi connectivity index (χ1n) is 9.30. The Balaban J connectivity index is 2.06. The molecule has 0 spiro atoms. The minimum atomic E-state index is 0.463. The van der Waals surface area contributed by atoms with Crippen molar-refractivity contribution in [3.8, 4) is 0 Å². The highest BCUT2D eigenvalue weighted by atomic mass is 15.2. The Morgan fingerprint density at radius 2 is 1.67 bits per heavy atom. The fraction of sp³-hybridized carbons (Fsp3) is 1.00. The molecular formula is C19H38N2. The van der Waals surface area contributed by atoms with Crippen molar-refractivity contribution in [3.05, 3.63) is 0 Å². The number of hydrogen-bond acceptors (Lipinski definition) is 2. The smallest absolute Gasteiger partial charge is 0.0252 e. The zero-order valence-corrected chi connectivity index (χ0v) is 15.3. The maximum absolute atomic E-state index is 3.86. The third-order valence-electron chi connectivity index (χ3n) is 6.18. The lowest BCUT2D eigenvalue weighted by molar-refractivity contribution is 0.0685. The standard InChI is InChI=1S/C19H38N2/c1-7-10-20-17-9-8-16(19(4,5)6)11-18(17)21-12-14(2)15(3)13-21/h14-18,20H,7-13H2,1-6H3. The van der Waals surface area contributed by atoms with Crippen molar-refractivity contribution >= 4 is 0 Å². The lowest BCUT2D eigenvalue weighted by Gasteiger charge is -2.45. The second kappa shape index (κ2) is 7.00. The van der Waals surface area contributed by atoms with Crippen molar-refractivity contribution in [3.63, 3.8) is 0 Å². The predicted molar refractivity (Wildman–Crippen MR) is 92.6 cm³/mol. The number of hydrogen-bond donors (Lipinski definition) is 1. The molecule has 0 amide bonds. The lowest BCUT2D eigenvalue weighted by atomic mass is 9.69. The van der Waals surface area contributed by atoms with E-state index in [1.165, 1.54) is 45.3 Å². The van der Waals surface area contributed by atoms with Crippen LogP contribution in [0.25, 0.3) is 0 Å². The van der Waals surface area contributed by atoms with E-state index in [0.29, 0.717) is 5.41 Å². The van der Waals surface area contributed by atoms with Gasteiger partial charge in [0.2, 0.25) is 0 Å². The van der Waals surface area contributed by atoms with Gasteiger partial charge >= 0.3 is 0 Å². The van der Waals surface area contributed by atoms with E-state index in [1.807, 2.05) is 0 Å². The molecule has 5 atom stereocenters. The second-order valence-electron chi connectivity index (χ2n) is 8.91. The molecule has 1 aliphatic carbocycles. The Kier molecular flexibility index (Phi) is 5.76. The average Bonchev–Trinajstić information content (AvgIpc) is 2.75. The van der Waals surface area contributed by atoms with E-state index in [-0.39, 0.29) is 0 Å². The molecule has 0 aromatic carbocycles. The molecule has 1 saturated heterocycles. The number of rotatable bonds is 4. The maximum Gasteiger partial charge on any atom is 0.0252 e. The van der Waals surface area contributed by atoms with Gasteiger partial charge in [-0.25, -0.2) is 0 Å². The van der Waals surface area contributed by atoms with Crippen LogP contribution in [0.3, 0.4) is 0 Å². The molecule has 0 aromatic rings. The quantitative estimate of drug-likeness (QED) is 0.837. The van der Waals surface area contributed by atoms with E-state index in [1.54, 1.807) is 0 Å². The summed E-state index contributed by atoms with van der Waals surface area (Å²) in [6.45, 7) is 18.3. The summed E-state index contributed by atoms with van der Waals surface area (Å²) in [5.74, 6) is 2.62. The van der Waals surface area contributed by atoms with Crippen LogP contribution in [0.2, 0.25) is 0 Å². The van der Waals surface area contributed by atoms with Gasteiger partial charge in [-0.15, -0.1) is 0 Å². The van der Waals surface area contributed by atoms with E-state index in [2.05, 4.69) is 51.8 Å². The van der Waals surface area contributed by atoms with E-state index >= 15 is 0 Å². The van der Waals surface area contributed by atoms with Crippen molar-refractivity contribution in [1.29, 1.82) is 0 Å². The number of nitrogens with one attached hydrogen (secondary N) is 1. The lowest BCUT2D eigenvalue weighted by Crippen LogP contribution is -2.54. The van der Waals surface area contributed by atoms with Crippen molar-refractivity contribution in [2.45, 2.75) is 79.3 Å². The summed E-state index contributed by atoms with van der Waals surface area (Å²) in [6, 6.07) is 1.49. The molecule has 2 aliphatic rings. The summed E-state index contributed by atoms with van der Waals surface area (Å²) in [4.78, 5) is 2.82. The Morgan fingerprint density at radius 3 is 2.19 bits per heavy atom. The van der Waals surface area contributed by atoms with Crippen LogP contribution in [0, 0.1) is 23.2 Å². The van der Waals surface area contributed by atoms with Gasteiger partial charge in [0.1, 0.15) is 0 Å². The zero-order valence-electron chi connectivity index (χ0n) is 15.3. The fourth-order valence-electron chi connectivity index (χ4n) is 4.35. The van der Waals surface area contributed by atoms with Gasteiger partial charge in [0, 0.05) is 25.2 Å². The first kappa shape index (κ1) is 17.3. The highest BCUT2D eigenvalue weighted by molar-refractivity contribution is 4.96.